The summed E-state index contributed by atoms with van der Waals surface area (Å²) >= 11 is 6.17. The number of benzene rings is 1. The van der Waals surface area contributed by atoms with E-state index in [1.807, 2.05) is 45.2 Å². The minimum Gasteiger partial charge on any atom is -0.377 e. The van der Waals surface area contributed by atoms with Crippen LogP contribution in [-0.4, -0.2) is 19.8 Å². The molecule has 2 nitrogen and oxygen atoms in total. The highest BCUT2D eigenvalue weighted by Gasteiger charge is 2.30. The number of methoxy groups -OCH3 is 1. The Labute approximate surface area is 96.6 Å². The van der Waals surface area contributed by atoms with Crippen molar-refractivity contribution in [1.82, 2.24) is 5.32 Å². The van der Waals surface area contributed by atoms with Gasteiger partial charge in [0.25, 0.3) is 0 Å². The molecule has 0 aliphatic rings. The van der Waals surface area contributed by atoms with E-state index in [2.05, 4.69) is 5.32 Å². The second-order valence-electron chi connectivity index (χ2n) is 4.05. The van der Waals surface area contributed by atoms with E-state index >= 15 is 0 Å². The molecule has 84 valence electrons. The maximum Gasteiger partial charge on any atom is 0.0817 e. The maximum absolute atomic E-state index is 6.17. The van der Waals surface area contributed by atoms with Crippen LogP contribution in [0.3, 0.4) is 0 Å². The van der Waals surface area contributed by atoms with Crippen molar-refractivity contribution >= 4 is 11.6 Å². The molecule has 0 fully saturated rings. The summed E-state index contributed by atoms with van der Waals surface area (Å²) in [5, 5.41) is 4.01. The predicted molar refractivity (Wildman–Crippen MR) is 64.3 cm³/mol. The zero-order valence-electron chi connectivity index (χ0n) is 9.67. The van der Waals surface area contributed by atoms with E-state index in [0.717, 1.165) is 10.6 Å². The number of rotatable bonds is 4. The summed E-state index contributed by atoms with van der Waals surface area (Å²) in [4.78, 5) is 0. The Balaban J connectivity index is 3.08. The molecule has 0 bridgehead atoms. The molecule has 0 aliphatic heterocycles. The lowest BCUT2D eigenvalue weighted by molar-refractivity contribution is -0.00896. The van der Waals surface area contributed by atoms with Gasteiger partial charge in [-0.25, -0.2) is 0 Å². The average Bonchev–Trinajstić information content (AvgIpc) is 2.21. The summed E-state index contributed by atoms with van der Waals surface area (Å²) in [5.74, 6) is 0. The normalized spacial score (nSPS) is 13.9. The van der Waals surface area contributed by atoms with Gasteiger partial charge in [0.2, 0.25) is 0 Å². The fraction of sp³-hybridized carbons (Fsp3) is 0.500. The summed E-state index contributed by atoms with van der Waals surface area (Å²) in [6, 6.07) is 7.91. The lowest BCUT2D eigenvalue weighted by atomic mass is 9.92. The van der Waals surface area contributed by atoms with Gasteiger partial charge in [0.1, 0.15) is 0 Å². The number of halogens is 1. The molecule has 0 spiro atoms. The third kappa shape index (κ3) is 2.71. The molecule has 1 rings (SSSR count). The highest BCUT2D eigenvalue weighted by atomic mass is 35.5. The standard InChI is InChI=1S/C12H18ClNO/c1-12(2,15-4)11(14-3)9-7-5-6-8-10(9)13/h5-8,11,14H,1-4H3. The van der Waals surface area contributed by atoms with Gasteiger partial charge in [-0.3, -0.25) is 0 Å². The molecule has 1 atom stereocenters. The van der Waals surface area contributed by atoms with Gasteiger partial charge in [-0.2, -0.15) is 0 Å². The minimum atomic E-state index is -0.292. The van der Waals surface area contributed by atoms with Crippen LogP contribution in [0.4, 0.5) is 0 Å². The van der Waals surface area contributed by atoms with Crippen molar-refractivity contribution in [2.75, 3.05) is 14.2 Å². The first-order valence-corrected chi connectivity index (χ1v) is 5.37. The molecule has 15 heavy (non-hydrogen) atoms. The molecule has 0 radical (unpaired) electrons. The molecule has 0 amide bonds. The monoisotopic (exact) mass is 227 g/mol. The molecule has 0 saturated heterocycles. The predicted octanol–water partition coefficient (Wildman–Crippen LogP) is 3.03. The fourth-order valence-corrected chi connectivity index (χ4v) is 1.95. The van der Waals surface area contributed by atoms with Crippen LogP contribution in [0.25, 0.3) is 0 Å². The van der Waals surface area contributed by atoms with Gasteiger partial charge < -0.3 is 10.1 Å². The molecule has 1 unspecified atom stereocenters. The van der Waals surface area contributed by atoms with Crippen LogP contribution >= 0.6 is 11.6 Å². The van der Waals surface area contributed by atoms with Crippen molar-refractivity contribution in [2.24, 2.45) is 0 Å². The molecule has 0 aliphatic carbocycles. The van der Waals surface area contributed by atoms with Gasteiger partial charge in [0.15, 0.2) is 0 Å². The van der Waals surface area contributed by atoms with E-state index in [1.54, 1.807) is 7.11 Å². The summed E-state index contributed by atoms with van der Waals surface area (Å²) in [6.45, 7) is 4.08. The lowest BCUT2D eigenvalue weighted by Gasteiger charge is -2.33. The smallest absolute Gasteiger partial charge is 0.0817 e. The van der Waals surface area contributed by atoms with Crippen molar-refractivity contribution in [2.45, 2.75) is 25.5 Å². The van der Waals surface area contributed by atoms with Gasteiger partial charge in [-0.15, -0.1) is 0 Å². The van der Waals surface area contributed by atoms with Crippen LogP contribution in [0.15, 0.2) is 24.3 Å². The quantitative estimate of drug-likeness (QED) is 0.854. The molecular formula is C12H18ClNO. The molecular weight excluding hydrogens is 210 g/mol. The van der Waals surface area contributed by atoms with Crippen molar-refractivity contribution < 1.29 is 4.74 Å². The van der Waals surface area contributed by atoms with Crippen molar-refractivity contribution in [3.63, 3.8) is 0 Å². The number of nitrogens with one attached hydrogen (secondary N) is 1. The number of hydrogen-bond donors (Lipinski definition) is 1. The molecule has 1 aromatic carbocycles. The largest absolute Gasteiger partial charge is 0.377 e. The maximum atomic E-state index is 6.17. The van der Waals surface area contributed by atoms with Crippen LogP contribution in [0.2, 0.25) is 5.02 Å². The third-order valence-electron chi connectivity index (χ3n) is 2.73. The molecule has 0 heterocycles. The average molecular weight is 228 g/mol. The second kappa shape index (κ2) is 4.97. The Bertz CT molecular complexity index is 325. The van der Waals surface area contributed by atoms with Crippen LogP contribution in [0, 0.1) is 0 Å². The summed E-state index contributed by atoms with van der Waals surface area (Å²) < 4.78 is 5.48. The summed E-state index contributed by atoms with van der Waals surface area (Å²) in [7, 11) is 3.62. The highest BCUT2D eigenvalue weighted by molar-refractivity contribution is 6.31. The Kier molecular flexibility index (Phi) is 4.14. The first-order valence-electron chi connectivity index (χ1n) is 4.99. The Morgan fingerprint density at radius 3 is 2.40 bits per heavy atom. The van der Waals surface area contributed by atoms with E-state index < -0.39 is 0 Å². The van der Waals surface area contributed by atoms with Crippen LogP contribution in [0.1, 0.15) is 25.5 Å². The lowest BCUT2D eigenvalue weighted by Crippen LogP contribution is -2.39. The van der Waals surface area contributed by atoms with E-state index in [-0.39, 0.29) is 11.6 Å². The Morgan fingerprint density at radius 1 is 1.33 bits per heavy atom. The Hall–Kier alpha value is -0.570. The minimum absolute atomic E-state index is 0.0798. The van der Waals surface area contributed by atoms with Gasteiger partial charge in [0, 0.05) is 12.1 Å². The van der Waals surface area contributed by atoms with Gasteiger partial charge in [-0.05, 0) is 32.5 Å². The molecule has 1 aromatic rings. The van der Waals surface area contributed by atoms with Crippen LogP contribution in [0.5, 0.6) is 0 Å². The van der Waals surface area contributed by atoms with E-state index in [0.29, 0.717) is 0 Å². The van der Waals surface area contributed by atoms with Crippen molar-refractivity contribution in [3.05, 3.63) is 34.9 Å². The van der Waals surface area contributed by atoms with E-state index in [4.69, 9.17) is 16.3 Å². The zero-order chi connectivity index (χ0) is 11.5. The zero-order valence-corrected chi connectivity index (χ0v) is 10.4. The molecule has 3 heteroatoms. The van der Waals surface area contributed by atoms with Gasteiger partial charge >= 0.3 is 0 Å². The fourth-order valence-electron chi connectivity index (χ4n) is 1.70. The topological polar surface area (TPSA) is 21.3 Å². The van der Waals surface area contributed by atoms with E-state index in [9.17, 15) is 0 Å². The van der Waals surface area contributed by atoms with Crippen molar-refractivity contribution in [3.8, 4) is 0 Å². The first kappa shape index (κ1) is 12.5. The SMILES string of the molecule is CNC(c1ccccc1Cl)C(C)(C)OC. The van der Waals surface area contributed by atoms with E-state index in [1.165, 1.54) is 0 Å². The van der Waals surface area contributed by atoms with Crippen molar-refractivity contribution in [1.29, 1.82) is 0 Å². The first-order chi connectivity index (χ1) is 7.03. The highest BCUT2D eigenvalue weighted by Crippen LogP contribution is 2.32. The van der Waals surface area contributed by atoms with Gasteiger partial charge in [0.05, 0.1) is 11.6 Å². The van der Waals surface area contributed by atoms with Gasteiger partial charge in [-0.1, -0.05) is 29.8 Å². The van der Waals surface area contributed by atoms with Crippen LogP contribution in [-0.2, 0) is 4.74 Å². The molecule has 0 saturated carbocycles. The Morgan fingerprint density at radius 2 is 1.93 bits per heavy atom. The van der Waals surface area contributed by atoms with Crippen LogP contribution < -0.4 is 5.32 Å². The number of likely N-dealkylation sites (N-methyl/N-ethyl adjacent to an activating group) is 1. The molecule has 1 N–H and O–H groups in total. The number of ether oxygens (including phenoxy) is 1. The third-order valence-corrected chi connectivity index (χ3v) is 3.07. The second-order valence-corrected chi connectivity index (χ2v) is 4.46. The summed E-state index contributed by atoms with van der Waals surface area (Å²) in [6.07, 6.45) is 0. The number of hydrogen-bond acceptors (Lipinski definition) is 2. The molecule has 0 aromatic heterocycles. The summed E-state index contributed by atoms with van der Waals surface area (Å²) in [5.41, 5.74) is 0.772.